The number of H-pyrrole nitrogens is 1. The molecule has 1 aliphatic rings. The van der Waals surface area contributed by atoms with Crippen molar-refractivity contribution in [2.75, 3.05) is 5.32 Å². The zero-order chi connectivity index (χ0) is 14.8. The van der Waals surface area contributed by atoms with E-state index in [0.29, 0.717) is 17.1 Å². The van der Waals surface area contributed by atoms with Gasteiger partial charge in [0.2, 0.25) is 0 Å². The Bertz CT molecular complexity index is 507. The minimum absolute atomic E-state index is 0.205. The zero-order valence-corrected chi connectivity index (χ0v) is 13.3. The number of aromatic amines is 1. The minimum atomic E-state index is -0.335. The Balaban J connectivity index is 2.01. The normalized spacial score (nSPS) is 24.2. The molecule has 20 heavy (non-hydrogen) atoms. The zero-order valence-electron chi connectivity index (χ0n) is 12.5. The Morgan fingerprint density at radius 3 is 2.75 bits per heavy atom. The van der Waals surface area contributed by atoms with E-state index >= 15 is 0 Å². The van der Waals surface area contributed by atoms with E-state index in [0.717, 1.165) is 18.8 Å². The Labute approximate surface area is 125 Å². The average Bonchev–Trinajstić information content (AvgIpc) is 2.60. The molecule has 1 fully saturated rings. The molecule has 5 heteroatoms. The summed E-state index contributed by atoms with van der Waals surface area (Å²) >= 11 is 6.01. The van der Waals surface area contributed by atoms with E-state index in [1.807, 2.05) is 0 Å². The van der Waals surface area contributed by atoms with E-state index in [1.165, 1.54) is 19.3 Å². The van der Waals surface area contributed by atoms with Crippen LogP contribution in [0.25, 0.3) is 0 Å². The lowest BCUT2D eigenvalue weighted by Gasteiger charge is -2.29. The Kier molecular flexibility index (Phi) is 4.74. The van der Waals surface area contributed by atoms with Crippen molar-refractivity contribution in [1.29, 1.82) is 0 Å². The predicted molar refractivity (Wildman–Crippen MR) is 83.3 cm³/mol. The van der Waals surface area contributed by atoms with Crippen LogP contribution < -0.4 is 10.9 Å². The molecule has 0 bridgehead atoms. The molecule has 2 atom stereocenters. The van der Waals surface area contributed by atoms with Crippen LogP contribution in [-0.2, 0) is 0 Å². The topological polar surface area (TPSA) is 57.8 Å². The molecule has 4 nitrogen and oxygen atoms in total. The van der Waals surface area contributed by atoms with Crippen LogP contribution in [0, 0.1) is 11.3 Å². The van der Waals surface area contributed by atoms with Crippen molar-refractivity contribution >= 4 is 17.3 Å². The van der Waals surface area contributed by atoms with Gasteiger partial charge in [-0.15, -0.1) is 0 Å². The summed E-state index contributed by atoms with van der Waals surface area (Å²) in [4.78, 5) is 11.4. The summed E-state index contributed by atoms with van der Waals surface area (Å²) in [5, 5.41) is 9.74. The monoisotopic (exact) mass is 297 g/mol. The molecule has 0 amide bonds. The lowest BCUT2D eigenvalue weighted by Crippen LogP contribution is -2.23. The number of hydrogen-bond donors (Lipinski definition) is 2. The van der Waals surface area contributed by atoms with Crippen molar-refractivity contribution < 1.29 is 0 Å². The predicted octanol–water partition coefficient (Wildman–Crippen LogP) is 3.83. The lowest BCUT2D eigenvalue weighted by molar-refractivity contribution is 0.214. The van der Waals surface area contributed by atoms with Gasteiger partial charge in [-0.3, -0.25) is 4.79 Å². The quantitative estimate of drug-likeness (QED) is 0.816. The molecule has 0 saturated heterocycles. The first-order valence-corrected chi connectivity index (χ1v) is 7.75. The molecule has 1 aromatic heterocycles. The van der Waals surface area contributed by atoms with Gasteiger partial charge in [0.15, 0.2) is 0 Å². The van der Waals surface area contributed by atoms with E-state index in [2.05, 4.69) is 36.3 Å². The molecule has 2 unspecified atom stereocenters. The second-order valence-electron chi connectivity index (χ2n) is 6.84. The average molecular weight is 298 g/mol. The molecule has 0 aromatic carbocycles. The number of anilines is 1. The molecule has 1 aliphatic carbocycles. The maximum Gasteiger partial charge on any atom is 0.285 e. The molecule has 112 valence electrons. The third-order valence-electron chi connectivity index (χ3n) is 4.35. The van der Waals surface area contributed by atoms with Gasteiger partial charge in [0, 0.05) is 6.04 Å². The van der Waals surface area contributed by atoms with E-state index in [1.54, 1.807) is 6.20 Å². The molecule has 2 N–H and O–H groups in total. The maximum atomic E-state index is 11.4. The van der Waals surface area contributed by atoms with Gasteiger partial charge in [-0.05, 0) is 37.0 Å². The van der Waals surface area contributed by atoms with Gasteiger partial charge in [-0.25, -0.2) is 5.10 Å². The van der Waals surface area contributed by atoms with Crippen LogP contribution in [0.5, 0.6) is 0 Å². The van der Waals surface area contributed by atoms with Crippen molar-refractivity contribution in [3.8, 4) is 0 Å². The molecular formula is C15H24ClN3O. The molecule has 1 saturated carbocycles. The van der Waals surface area contributed by atoms with Crippen molar-refractivity contribution in [3.05, 3.63) is 21.6 Å². The number of aromatic nitrogens is 2. The summed E-state index contributed by atoms with van der Waals surface area (Å²) in [6.07, 6.45) is 7.54. The smallest absolute Gasteiger partial charge is 0.285 e. The van der Waals surface area contributed by atoms with Crippen LogP contribution in [0.3, 0.4) is 0 Å². The minimum Gasteiger partial charge on any atom is -0.380 e. The fraction of sp³-hybridized carbons (Fsp3) is 0.733. The number of halogens is 1. The fourth-order valence-electron chi connectivity index (χ4n) is 3.02. The molecule has 1 aromatic rings. The van der Waals surface area contributed by atoms with Crippen LogP contribution in [0.1, 0.15) is 52.9 Å². The van der Waals surface area contributed by atoms with Crippen LogP contribution >= 0.6 is 11.6 Å². The van der Waals surface area contributed by atoms with Crippen LogP contribution in [0.2, 0.25) is 5.02 Å². The fourth-order valence-corrected chi connectivity index (χ4v) is 3.16. The molecule has 0 aliphatic heterocycles. The van der Waals surface area contributed by atoms with Gasteiger partial charge in [0.05, 0.1) is 11.9 Å². The number of hydrogen-bond acceptors (Lipinski definition) is 3. The summed E-state index contributed by atoms with van der Waals surface area (Å²) < 4.78 is 0. The van der Waals surface area contributed by atoms with Crippen LogP contribution in [0.15, 0.2) is 11.0 Å². The highest BCUT2D eigenvalue weighted by atomic mass is 35.5. The highest BCUT2D eigenvalue weighted by Gasteiger charge is 2.28. The summed E-state index contributed by atoms with van der Waals surface area (Å²) in [5.74, 6) is 0.766. The van der Waals surface area contributed by atoms with Crippen LogP contribution in [-0.4, -0.2) is 16.2 Å². The highest BCUT2D eigenvalue weighted by Crippen LogP contribution is 2.37. The summed E-state index contributed by atoms with van der Waals surface area (Å²) in [6.45, 7) is 6.97. The standard InChI is InChI=1S/C15H24ClN3O/c1-15(2,3)10-5-4-6-11(8-7-10)18-12-9-17-19-14(20)13(12)16/h9-11H,4-8H2,1-3H3,(H2,18,19,20). The number of rotatable bonds is 2. The first-order valence-electron chi connectivity index (χ1n) is 7.37. The summed E-state index contributed by atoms with van der Waals surface area (Å²) in [6, 6.07) is 0.378. The van der Waals surface area contributed by atoms with Crippen molar-refractivity contribution in [1.82, 2.24) is 10.2 Å². The van der Waals surface area contributed by atoms with E-state index in [-0.39, 0.29) is 10.6 Å². The lowest BCUT2D eigenvalue weighted by atomic mass is 9.76. The van der Waals surface area contributed by atoms with Gasteiger partial charge in [-0.2, -0.15) is 5.10 Å². The summed E-state index contributed by atoms with van der Waals surface area (Å²) in [7, 11) is 0. The maximum absolute atomic E-state index is 11.4. The first-order chi connectivity index (χ1) is 9.38. The third kappa shape index (κ3) is 3.75. The molecule has 0 spiro atoms. The third-order valence-corrected chi connectivity index (χ3v) is 4.72. The molecular weight excluding hydrogens is 274 g/mol. The summed E-state index contributed by atoms with van der Waals surface area (Å²) in [5.41, 5.74) is 0.685. The highest BCUT2D eigenvalue weighted by molar-refractivity contribution is 6.32. The molecule has 1 heterocycles. The Hall–Kier alpha value is -1.03. The second kappa shape index (κ2) is 6.17. The van der Waals surface area contributed by atoms with Crippen molar-refractivity contribution in [2.45, 2.75) is 58.9 Å². The van der Waals surface area contributed by atoms with Gasteiger partial charge < -0.3 is 5.32 Å². The van der Waals surface area contributed by atoms with E-state index < -0.39 is 0 Å². The Morgan fingerprint density at radius 1 is 1.30 bits per heavy atom. The number of nitrogens with one attached hydrogen (secondary N) is 2. The molecule has 2 rings (SSSR count). The Morgan fingerprint density at radius 2 is 2.05 bits per heavy atom. The molecule has 0 radical (unpaired) electrons. The van der Waals surface area contributed by atoms with E-state index in [4.69, 9.17) is 11.6 Å². The van der Waals surface area contributed by atoms with Crippen molar-refractivity contribution in [3.63, 3.8) is 0 Å². The van der Waals surface area contributed by atoms with Gasteiger partial charge >= 0.3 is 0 Å². The SMILES string of the molecule is CC(C)(C)C1CCCC(Nc2cn[nH]c(=O)c2Cl)CC1. The number of nitrogens with zero attached hydrogens (tertiary/aromatic N) is 1. The van der Waals surface area contributed by atoms with Gasteiger partial charge in [0.1, 0.15) is 5.02 Å². The van der Waals surface area contributed by atoms with Crippen LogP contribution in [0.4, 0.5) is 5.69 Å². The second-order valence-corrected chi connectivity index (χ2v) is 7.22. The first kappa shape index (κ1) is 15.4. The van der Waals surface area contributed by atoms with Gasteiger partial charge in [0.25, 0.3) is 5.56 Å². The largest absolute Gasteiger partial charge is 0.380 e. The van der Waals surface area contributed by atoms with Crippen molar-refractivity contribution in [2.24, 2.45) is 11.3 Å². The van der Waals surface area contributed by atoms with E-state index in [9.17, 15) is 4.79 Å². The van der Waals surface area contributed by atoms with Gasteiger partial charge in [-0.1, -0.05) is 38.8 Å².